The van der Waals surface area contributed by atoms with Crippen molar-refractivity contribution >= 4 is 60.8 Å². The van der Waals surface area contributed by atoms with Crippen molar-refractivity contribution in [3.63, 3.8) is 0 Å². The Morgan fingerprint density at radius 3 is 1.95 bits per heavy atom. The fraction of sp³-hybridized carbons (Fsp3) is 0.227. The number of rotatable bonds is 11. The number of hydrogen-bond acceptors (Lipinski definition) is 9. The second kappa shape index (κ2) is 14.4. The van der Waals surface area contributed by atoms with Gasteiger partial charge in [0.2, 0.25) is 14.8 Å². The van der Waals surface area contributed by atoms with Gasteiger partial charge in [0, 0.05) is 30.3 Å². The SMILES string of the molecule is CC(=O)Nc1ccc(S(=O)(=O)SCC(=O)O)cc1.Nc1ccc(C(=O)N[C@@H](CCC(=O)O)C(=O)O)cc1. The molecule has 13 nitrogen and oxygen atoms in total. The third-order valence-electron chi connectivity index (χ3n) is 4.22. The Hall–Kier alpha value is -4.11. The molecule has 0 bridgehead atoms. The molecule has 1 atom stereocenters. The second-order valence-corrected chi connectivity index (χ2v) is 11.2. The molecule has 0 unspecified atom stereocenters. The average molecular weight is 556 g/mol. The van der Waals surface area contributed by atoms with Crippen LogP contribution in [0.3, 0.4) is 0 Å². The van der Waals surface area contributed by atoms with Crippen LogP contribution < -0.4 is 16.4 Å². The van der Waals surface area contributed by atoms with Gasteiger partial charge in [0.05, 0.1) is 4.90 Å². The second-order valence-electron chi connectivity index (χ2n) is 7.23. The lowest BCUT2D eigenvalue weighted by atomic mass is 10.1. The first-order valence-corrected chi connectivity index (χ1v) is 13.3. The first-order valence-electron chi connectivity index (χ1n) is 10.3. The Kier molecular flexibility index (Phi) is 12.1. The van der Waals surface area contributed by atoms with Crippen LogP contribution >= 0.6 is 10.8 Å². The molecular formula is C22H25N3O10S2. The molecule has 2 aromatic rings. The predicted octanol–water partition coefficient (Wildman–Crippen LogP) is 1.47. The van der Waals surface area contributed by atoms with Gasteiger partial charge in [0.1, 0.15) is 11.8 Å². The molecule has 0 aliphatic heterocycles. The lowest BCUT2D eigenvalue weighted by Gasteiger charge is -2.13. The number of amides is 2. The molecule has 0 radical (unpaired) electrons. The number of carboxylic acid groups (broad SMARTS) is 3. The molecule has 0 spiro atoms. The van der Waals surface area contributed by atoms with E-state index >= 15 is 0 Å². The minimum absolute atomic E-state index is 0.00264. The van der Waals surface area contributed by atoms with Crippen LogP contribution in [0.1, 0.15) is 30.1 Å². The summed E-state index contributed by atoms with van der Waals surface area (Å²) in [4.78, 5) is 54.2. The minimum Gasteiger partial charge on any atom is -0.481 e. The molecule has 0 fully saturated rings. The van der Waals surface area contributed by atoms with Gasteiger partial charge < -0.3 is 31.7 Å². The van der Waals surface area contributed by atoms with Crippen molar-refractivity contribution in [2.75, 3.05) is 16.8 Å². The summed E-state index contributed by atoms with van der Waals surface area (Å²) in [6.45, 7) is 1.34. The molecule has 0 saturated carbocycles. The van der Waals surface area contributed by atoms with E-state index in [-0.39, 0.29) is 29.2 Å². The lowest BCUT2D eigenvalue weighted by molar-refractivity contribution is -0.140. The van der Waals surface area contributed by atoms with Gasteiger partial charge >= 0.3 is 17.9 Å². The van der Waals surface area contributed by atoms with E-state index in [4.69, 9.17) is 21.1 Å². The van der Waals surface area contributed by atoms with E-state index in [2.05, 4.69) is 10.6 Å². The molecule has 0 aliphatic rings. The zero-order chi connectivity index (χ0) is 28.2. The number of nitrogens with two attached hydrogens (primary N) is 1. The monoisotopic (exact) mass is 555 g/mol. The Bertz CT molecular complexity index is 1230. The van der Waals surface area contributed by atoms with Gasteiger partial charge in [-0.05, 0) is 65.7 Å². The van der Waals surface area contributed by atoms with E-state index in [9.17, 15) is 32.4 Å². The van der Waals surface area contributed by atoms with Crippen molar-refractivity contribution in [1.82, 2.24) is 5.32 Å². The lowest BCUT2D eigenvalue weighted by Crippen LogP contribution is -2.41. The van der Waals surface area contributed by atoms with Gasteiger partial charge in [-0.15, -0.1) is 0 Å². The van der Waals surface area contributed by atoms with Crippen molar-refractivity contribution in [1.29, 1.82) is 0 Å². The maximum atomic E-state index is 11.8. The Labute approximate surface area is 215 Å². The fourth-order valence-corrected chi connectivity index (χ4v) is 4.88. The van der Waals surface area contributed by atoms with Crippen LogP contribution in [0.5, 0.6) is 0 Å². The Morgan fingerprint density at radius 2 is 1.49 bits per heavy atom. The number of nitrogen functional groups attached to an aromatic ring is 1. The quantitative estimate of drug-likeness (QED) is 0.171. The first-order chi connectivity index (χ1) is 17.2. The summed E-state index contributed by atoms with van der Waals surface area (Å²) < 4.78 is 23.4. The third-order valence-corrected chi connectivity index (χ3v) is 7.61. The highest BCUT2D eigenvalue weighted by Crippen LogP contribution is 2.24. The number of anilines is 2. The maximum absolute atomic E-state index is 11.8. The number of benzene rings is 2. The summed E-state index contributed by atoms with van der Waals surface area (Å²) in [5.41, 5.74) is 6.69. The fourth-order valence-electron chi connectivity index (χ4n) is 2.51. The number of nitrogens with one attached hydrogen (secondary N) is 2. The van der Waals surface area contributed by atoms with Crippen LogP contribution in [0, 0.1) is 0 Å². The summed E-state index contributed by atoms with van der Waals surface area (Å²) in [6.07, 6.45) is -0.510. The van der Waals surface area contributed by atoms with Gasteiger partial charge in [-0.25, -0.2) is 13.2 Å². The van der Waals surface area contributed by atoms with Gasteiger partial charge in [-0.1, -0.05) is 0 Å². The molecule has 2 rings (SSSR count). The van der Waals surface area contributed by atoms with Crippen molar-refractivity contribution in [3.8, 4) is 0 Å². The molecule has 0 saturated heterocycles. The van der Waals surface area contributed by atoms with E-state index in [1.54, 1.807) is 0 Å². The molecular weight excluding hydrogens is 530 g/mol. The van der Waals surface area contributed by atoms with Crippen LogP contribution in [0.25, 0.3) is 0 Å². The largest absolute Gasteiger partial charge is 0.481 e. The van der Waals surface area contributed by atoms with Crippen LogP contribution in [0.15, 0.2) is 53.4 Å². The molecule has 0 heterocycles. The van der Waals surface area contributed by atoms with Gasteiger partial charge in [0.25, 0.3) is 5.91 Å². The number of hydrogen-bond donors (Lipinski definition) is 6. The molecule has 200 valence electrons. The van der Waals surface area contributed by atoms with E-state index in [1.807, 2.05) is 0 Å². The maximum Gasteiger partial charge on any atom is 0.326 e. The van der Waals surface area contributed by atoms with Crippen LogP contribution in [-0.4, -0.2) is 65.3 Å². The number of carbonyl (C=O) groups excluding carboxylic acids is 2. The van der Waals surface area contributed by atoms with Crippen LogP contribution in [0.2, 0.25) is 0 Å². The van der Waals surface area contributed by atoms with Gasteiger partial charge in [-0.3, -0.25) is 19.2 Å². The summed E-state index contributed by atoms with van der Waals surface area (Å²) in [5.74, 6) is -4.95. The first kappa shape index (κ1) is 30.9. The highest BCUT2D eigenvalue weighted by atomic mass is 33.1. The van der Waals surface area contributed by atoms with Crippen LogP contribution in [0.4, 0.5) is 11.4 Å². The van der Waals surface area contributed by atoms with Crippen molar-refractivity contribution < 1.29 is 47.7 Å². The summed E-state index contributed by atoms with van der Waals surface area (Å²) in [5, 5.41) is 30.6. The molecule has 0 aromatic heterocycles. The summed E-state index contributed by atoms with van der Waals surface area (Å²) in [7, 11) is -3.33. The molecule has 37 heavy (non-hydrogen) atoms. The zero-order valence-corrected chi connectivity index (χ0v) is 21.0. The normalized spacial score (nSPS) is 11.3. The van der Waals surface area contributed by atoms with Crippen molar-refractivity contribution in [3.05, 3.63) is 54.1 Å². The minimum atomic E-state index is -3.68. The van der Waals surface area contributed by atoms with E-state index < -0.39 is 44.5 Å². The average Bonchev–Trinajstić information content (AvgIpc) is 2.81. The molecule has 0 aliphatic carbocycles. The van der Waals surface area contributed by atoms with Gasteiger partial charge in [0.15, 0.2) is 0 Å². The molecule has 2 aromatic carbocycles. The zero-order valence-electron chi connectivity index (χ0n) is 19.4. The smallest absolute Gasteiger partial charge is 0.326 e. The van der Waals surface area contributed by atoms with Crippen LogP contribution in [-0.2, 0) is 28.0 Å². The van der Waals surface area contributed by atoms with Crippen molar-refractivity contribution in [2.24, 2.45) is 0 Å². The van der Waals surface area contributed by atoms with Gasteiger partial charge in [-0.2, -0.15) is 0 Å². The summed E-state index contributed by atoms with van der Waals surface area (Å²) >= 11 is 0. The number of aliphatic carboxylic acids is 3. The van der Waals surface area contributed by atoms with E-state index in [0.717, 1.165) is 0 Å². The van der Waals surface area contributed by atoms with E-state index in [0.29, 0.717) is 22.2 Å². The predicted molar refractivity (Wildman–Crippen MR) is 135 cm³/mol. The third kappa shape index (κ3) is 11.9. The standard InChI is InChI=1S/C12H14N2O5.C10H11NO5S2/c13-8-3-1-7(2-4-8)11(17)14-9(12(18)19)5-6-10(15)16;1-7(12)11-8-2-4-9(5-3-8)18(15,16)17-6-10(13)14/h1-4,9H,5-6,13H2,(H,14,17)(H,15,16)(H,18,19);2-5H,6H2,1H3,(H,11,12)(H,13,14)/t9-;/m0./s1. The Morgan fingerprint density at radius 1 is 0.919 bits per heavy atom. The number of carbonyl (C=O) groups is 5. The number of carboxylic acids is 3. The van der Waals surface area contributed by atoms with E-state index in [1.165, 1.54) is 55.5 Å². The highest BCUT2D eigenvalue weighted by Gasteiger charge is 2.21. The topological polar surface area (TPSA) is 230 Å². The molecule has 2 amide bonds. The summed E-state index contributed by atoms with van der Waals surface area (Å²) in [6, 6.07) is 10.2. The molecule has 7 N–H and O–H groups in total. The molecule has 15 heteroatoms. The Balaban J connectivity index is 0.000000371. The highest BCUT2D eigenvalue weighted by molar-refractivity contribution is 8.72. The van der Waals surface area contributed by atoms with Crippen molar-refractivity contribution in [2.45, 2.75) is 30.7 Å².